The van der Waals surface area contributed by atoms with Crippen LogP contribution in [0.1, 0.15) is 40.7 Å². The summed E-state index contributed by atoms with van der Waals surface area (Å²) in [6.45, 7) is 0.552. The summed E-state index contributed by atoms with van der Waals surface area (Å²) in [4.78, 5) is 15.0. The third-order valence-electron chi connectivity index (χ3n) is 3.94. The molecule has 20 heavy (non-hydrogen) atoms. The normalized spacial score (nSPS) is 16.1. The summed E-state index contributed by atoms with van der Waals surface area (Å²) >= 11 is 0. The van der Waals surface area contributed by atoms with E-state index in [9.17, 15) is 10.1 Å². The zero-order valence-corrected chi connectivity index (χ0v) is 11.0. The molecule has 0 atom stereocenters. The predicted octanol–water partition coefficient (Wildman–Crippen LogP) is 2.08. The topological polar surface area (TPSA) is 71.6 Å². The highest BCUT2D eigenvalue weighted by Crippen LogP contribution is 2.43. The van der Waals surface area contributed by atoms with Crippen LogP contribution in [0.4, 0.5) is 0 Å². The van der Waals surface area contributed by atoms with Crippen LogP contribution in [-0.2, 0) is 12.0 Å². The number of carbonyl (C=O) groups is 1. The smallest absolute Gasteiger partial charge is 0.150 e. The van der Waals surface area contributed by atoms with Crippen molar-refractivity contribution in [1.29, 1.82) is 5.26 Å². The van der Waals surface area contributed by atoms with Crippen LogP contribution in [0.3, 0.4) is 0 Å². The molecule has 3 rings (SSSR count). The van der Waals surface area contributed by atoms with E-state index in [-0.39, 0.29) is 0 Å². The molecule has 1 aromatic carbocycles. The monoisotopic (exact) mass is 266 g/mol. The van der Waals surface area contributed by atoms with Crippen molar-refractivity contribution in [3.63, 3.8) is 0 Å². The van der Waals surface area contributed by atoms with E-state index in [1.807, 2.05) is 18.2 Å². The Balaban J connectivity index is 1.99. The standard InChI is InChI=1S/C15H14N4O/c16-9-15(2-1-3-15)14-5-12(4-13(6-14)8-20)7-19-11-17-10-18-19/h4-6,8,10-11H,1-3,7H2. The maximum Gasteiger partial charge on any atom is 0.150 e. The van der Waals surface area contributed by atoms with Crippen molar-refractivity contribution in [2.45, 2.75) is 31.2 Å². The van der Waals surface area contributed by atoms with Crippen molar-refractivity contribution >= 4 is 6.29 Å². The molecular weight excluding hydrogens is 252 g/mol. The fraction of sp³-hybridized carbons (Fsp3) is 0.333. The van der Waals surface area contributed by atoms with E-state index in [2.05, 4.69) is 16.2 Å². The minimum atomic E-state index is -0.407. The van der Waals surface area contributed by atoms with Crippen molar-refractivity contribution in [1.82, 2.24) is 14.8 Å². The van der Waals surface area contributed by atoms with Crippen LogP contribution >= 0.6 is 0 Å². The van der Waals surface area contributed by atoms with Gasteiger partial charge in [0.25, 0.3) is 0 Å². The molecule has 0 unspecified atom stereocenters. The van der Waals surface area contributed by atoms with E-state index in [1.54, 1.807) is 11.0 Å². The molecule has 1 aromatic heterocycles. The third kappa shape index (κ3) is 2.10. The lowest BCUT2D eigenvalue weighted by Gasteiger charge is -2.36. The first-order chi connectivity index (χ1) is 9.75. The number of aromatic nitrogens is 3. The molecule has 1 fully saturated rings. The van der Waals surface area contributed by atoms with Crippen LogP contribution in [0, 0.1) is 11.3 Å². The molecule has 0 spiro atoms. The lowest BCUT2D eigenvalue weighted by Crippen LogP contribution is -2.32. The van der Waals surface area contributed by atoms with Crippen molar-refractivity contribution in [3.05, 3.63) is 47.5 Å². The lowest BCUT2D eigenvalue weighted by molar-refractivity contribution is 0.112. The number of hydrogen-bond acceptors (Lipinski definition) is 4. The maximum atomic E-state index is 11.1. The van der Waals surface area contributed by atoms with Gasteiger partial charge in [-0.25, -0.2) is 9.67 Å². The second kappa shape index (κ2) is 4.89. The predicted molar refractivity (Wildman–Crippen MR) is 72.1 cm³/mol. The molecule has 1 aliphatic carbocycles. The highest BCUT2D eigenvalue weighted by molar-refractivity contribution is 5.76. The molecule has 0 radical (unpaired) electrons. The number of aldehydes is 1. The van der Waals surface area contributed by atoms with E-state index in [0.717, 1.165) is 36.7 Å². The molecule has 1 aliphatic rings. The molecule has 2 aromatic rings. The summed E-state index contributed by atoms with van der Waals surface area (Å²) in [6, 6.07) is 8.10. The molecule has 0 aliphatic heterocycles. The first-order valence-electron chi connectivity index (χ1n) is 6.59. The SMILES string of the molecule is N#CC1(c2cc(C=O)cc(Cn3cncn3)c2)CCC1. The summed E-state index contributed by atoms with van der Waals surface area (Å²) in [5.74, 6) is 0. The summed E-state index contributed by atoms with van der Waals surface area (Å²) in [7, 11) is 0. The van der Waals surface area contributed by atoms with Gasteiger partial charge in [-0.1, -0.05) is 6.07 Å². The molecule has 0 bridgehead atoms. The summed E-state index contributed by atoms with van der Waals surface area (Å²) < 4.78 is 1.70. The Morgan fingerprint density at radius 2 is 2.25 bits per heavy atom. The quantitative estimate of drug-likeness (QED) is 0.794. The number of carbonyl (C=O) groups excluding carboxylic acids is 1. The number of benzene rings is 1. The zero-order chi connectivity index (χ0) is 14.0. The fourth-order valence-corrected chi connectivity index (χ4v) is 2.65. The van der Waals surface area contributed by atoms with Gasteiger partial charge in [-0.3, -0.25) is 4.79 Å². The van der Waals surface area contributed by atoms with Gasteiger partial charge < -0.3 is 0 Å². The Bertz CT molecular complexity index is 666. The molecule has 1 saturated carbocycles. The van der Waals surface area contributed by atoms with E-state index >= 15 is 0 Å². The minimum absolute atomic E-state index is 0.407. The molecule has 0 amide bonds. The highest BCUT2D eigenvalue weighted by atomic mass is 16.1. The van der Waals surface area contributed by atoms with E-state index in [0.29, 0.717) is 12.1 Å². The van der Waals surface area contributed by atoms with Crippen LogP contribution in [0.5, 0.6) is 0 Å². The Hall–Kier alpha value is -2.48. The Labute approximate surface area is 116 Å². The minimum Gasteiger partial charge on any atom is -0.298 e. The van der Waals surface area contributed by atoms with Crippen molar-refractivity contribution < 1.29 is 4.79 Å². The summed E-state index contributed by atoms with van der Waals surface area (Å²) in [5.41, 5.74) is 2.12. The summed E-state index contributed by atoms with van der Waals surface area (Å²) in [6.07, 6.45) is 6.75. The van der Waals surface area contributed by atoms with Crippen LogP contribution in [0.25, 0.3) is 0 Å². The Morgan fingerprint density at radius 3 is 2.80 bits per heavy atom. The van der Waals surface area contributed by atoms with Crippen molar-refractivity contribution in [3.8, 4) is 6.07 Å². The largest absolute Gasteiger partial charge is 0.298 e. The van der Waals surface area contributed by atoms with Crippen LogP contribution in [0.15, 0.2) is 30.9 Å². The van der Waals surface area contributed by atoms with Gasteiger partial charge in [0.1, 0.15) is 18.9 Å². The van der Waals surface area contributed by atoms with Gasteiger partial charge in [-0.05, 0) is 42.5 Å². The first-order valence-corrected chi connectivity index (χ1v) is 6.59. The molecular formula is C15H14N4O. The molecule has 5 heteroatoms. The average molecular weight is 266 g/mol. The van der Waals surface area contributed by atoms with Gasteiger partial charge in [0, 0.05) is 5.56 Å². The number of rotatable bonds is 4. The van der Waals surface area contributed by atoms with Crippen LogP contribution in [0.2, 0.25) is 0 Å². The first kappa shape index (κ1) is 12.5. The Morgan fingerprint density at radius 1 is 1.40 bits per heavy atom. The summed E-state index contributed by atoms with van der Waals surface area (Å²) in [5, 5.41) is 13.5. The lowest BCUT2D eigenvalue weighted by atomic mass is 9.65. The van der Waals surface area contributed by atoms with Gasteiger partial charge in [-0.15, -0.1) is 0 Å². The molecule has 0 N–H and O–H groups in total. The highest BCUT2D eigenvalue weighted by Gasteiger charge is 2.39. The number of nitrogens with zero attached hydrogens (tertiary/aromatic N) is 4. The van der Waals surface area contributed by atoms with Gasteiger partial charge in [0.15, 0.2) is 0 Å². The van der Waals surface area contributed by atoms with Crippen LogP contribution < -0.4 is 0 Å². The fourth-order valence-electron chi connectivity index (χ4n) is 2.65. The zero-order valence-electron chi connectivity index (χ0n) is 11.0. The molecule has 0 saturated heterocycles. The third-order valence-corrected chi connectivity index (χ3v) is 3.94. The molecule has 1 heterocycles. The maximum absolute atomic E-state index is 11.1. The van der Waals surface area contributed by atoms with Gasteiger partial charge in [0.05, 0.1) is 18.0 Å². The van der Waals surface area contributed by atoms with Crippen molar-refractivity contribution in [2.75, 3.05) is 0 Å². The van der Waals surface area contributed by atoms with E-state index in [1.165, 1.54) is 6.33 Å². The average Bonchev–Trinajstić information content (AvgIpc) is 2.91. The van der Waals surface area contributed by atoms with Crippen LogP contribution in [-0.4, -0.2) is 21.1 Å². The van der Waals surface area contributed by atoms with Gasteiger partial charge >= 0.3 is 0 Å². The van der Waals surface area contributed by atoms with E-state index in [4.69, 9.17) is 0 Å². The Kier molecular flexibility index (Phi) is 3.07. The second-order valence-corrected chi connectivity index (χ2v) is 5.22. The number of hydrogen-bond donors (Lipinski definition) is 0. The van der Waals surface area contributed by atoms with Gasteiger partial charge in [0.2, 0.25) is 0 Å². The molecule has 5 nitrogen and oxygen atoms in total. The van der Waals surface area contributed by atoms with E-state index < -0.39 is 5.41 Å². The van der Waals surface area contributed by atoms with Gasteiger partial charge in [-0.2, -0.15) is 10.4 Å². The van der Waals surface area contributed by atoms with Crippen molar-refractivity contribution in [2.24, 2.45) is 0 Å². The molecule has 100 valence electrons. The number of nitriles is 1. The second-order valence-electron chi connectivity index (χ2n) is 5.22.